The van der Waals surface area contributed by atoms with Gasteiger partial charge in [0.15, 0.2) is 11.0 Å². The number of ether oxygens (including phenoxy) is 2. The maximum absolute atomic E-state index is 13.1. The molecule has 13 heteroatoms. The SMILES string of the molecule is CC(C)([B]OC(C)(C)C(C)(C)O)CN=C/C=C(\N)S(=O)NC(=O)Nc1c(-c2ccnc(OC3CCOCC3)c2)ccc2c1CCC2. The van der Waals surface area contributed by atoms with Crippen LogP contribution in [-0.4, -0.2) is 71.1 Å². The summed E-state index contributed by atoms with van der Waals surface area (Å²) in [5, 5.41) is 12.8. The molecule has 249 valence electrons. The van der Waals surface area contributed by atoms with Gasteiger partial charge in [-0.25, -0.2) is 14.0 Å². The number of hydrogen-bond acceptors (Lipinski definition) is 9. The van der Waals surface area contributed by atoms with E-state index < -0.39 is 33.5 Å². The first-order valence-corrected chi connectivity index (χ1v) is 16.9. The average molecular weight is 653 g/mol. The second kappa shape index (κ2) is 15.1. The van der Waals surface area contributed by atoms with Crippen LogP contribution in [0.15, 0.2) is 46.6 Å². The van der Waals surface area contributed by atoms with E-state index in [1.165, 1.54) is 17.9 Å². The molecule has 1 saturated heterocycles. The van der Waals surface area contributed by atoms with Crippen molar-refractivity contribution in [1.29, 1.82) is 0 Å². The number of carbonyl (C=O) groups is 1. The van der Waals surface area contributed by atoms with Gasteiger partial charge < -0.3 is 30.3 Å². The summed E-state index contributed by atoms with van der Waals surface area (Å²) in [7, 11) is -0.324. The summed E-state index contributed by atoms with van der Waals surface area (Å²) in [6.45, 7) is 12.6. The Morgan fingerprint density at radius 3 is 2.65 bits per heavy atom. The van der Waals surface area contributed by atoms with Gasteiger partial charge in [-0.2, -0.15) is 0 Å². The molecule has 0 saturated carbocycles. The van der Waals surface area contributed by atoms with Crippen molar-refractivity contribution in [2.45, 2.75) is 96.3 Å². The number of nitrogens with zero attached hydrogens (tertiary/aromatic N) is 2. The fourth-order valence-corrected chi connectivity index (χ4v) is 5.42. The first-order chi connectivity index (χ1) is 21.6. The molecule has 1 atom stereocenters. The molecule has 2 heterocycles. The highest BCUT2D eigenvalue weighted by atomic mass is 32.2. The molecule has 1 aliphatic carbocycles. The maximum Gasteiger partial charge on any atom is 0.331 e. The van der Waals surface area contributed by atoms with Crippen molar-refractivity contribution in [1.82, 2.24) is 9.71 Å². The minimum atomic E-state index is -1.99. The lowest BCUT2D eigenvalue weighted by atomic mass is 9.65. The maximum atomic E-state index is 13.1. The number of fused-ring (bicyclic) bond motifs is 1. The third kappa shape index (κ3) is 9.63. The van der Waals surface area contributed by atoms with Gasteiger partial charge in [0.05, 0.1) is 30.1 Å². The highest BCUT2D eigenvalue weighted by molar-refractivity contribution is 7.87. The number of allylic oxidation sites excluding steroid dienone is 1. The smallest absolute Gasteiger partial charge is 0.331 e. The molecule has 1 radical (unpaired) electrons. The molecule has 46 heavy (non-hydrogen) atoms. The molecule has 2 aliphatic rings. The Morgan fingerprint density at radius 2 is 1.93 bits per heavy atom. The number of pyridine rings is 1. The number of aliphatic hydroxyl groups is 1. The van der Waals surface area contributed by atoms with Crippen molar-refractivity contribution < 1.29 is 28.2 Å². The van der Waals surface area contributed by atoms with E-state index in [-0.39, 0.29) is 11.1 Å². The highest BCUT2D eigenvalue weighted by Gasteiger charge is 2.37. The van der Waals surface area contributed by atoms with Gasteiger partial charge in [0.25, 0.3) is 0 Å². The summed E-state index contributed by atoms with van der Waals surface area (Å²) < 4.78 is 32.7. The molecule has 2 amide bonds. The third-order valence-electron chi connectivity index (χ3n) is 8.41. The zero-order valence-electron chi connectivity index (χ0n) is 27.7. The molecule has 2 aromatic rings. The molecule has 5 N–H and O–H groups in total. The van der Waals surface area contributed by atoms with Crippen molar-refractivity contribution in [3.05, 3.63) is 52.7 Å². The normalized spacial score (nSPS) is 17.1. The van der Waals surface area contributed by atoms with Crippen LogP contribution in [0.5, 0.6) is 5.88 Å². The van der Waals surface area contributed by atoms with Crippen LogP contribution in [0.25, 0.3) is 11.1 Å². The van der Waals surface area contributed by atoms with Gasteiger partial charge in [-0.05, 0) is 81.1 Å². The molecule has 1 unspecified atom stereocenters. The van der Waals surface area contributed by atoms with Crippen LogP contribution in [0.2, 0.25) is 5.31 Å². The Bertz CT molecular complexity index is 1470. The molecular weight excluding hydrogens is 605 g/mol. The molecule has 1 aromatic carbocycles. The van der Waals surface area contributed by atoms with Gasteiger partial charge in [0, 0.05) is 43.4 Å². The Balaban J connectivity index is 1.39. The number of benzene rings is 1. The summed E-state index contributed by atoms with van der Waals surface area (Å²) in [6, 6.07) is 7.21. The van der Waals surface area contributed by atoms with Crippen LogP contribution in [0.3, 0.4) is 0 Å². The number of aryl methyl sites for hydroxylation is 1. The van der Waals surface area contributed by atoms with E-state index >= 15 is 0 Å². The van der Waals surface area contributed by atoms with Crippen molar-refractivity contribution in [2.24, 2.45) is 10.7 Å². The summed E-state index contributed by atoms with van der Waals surface area (Å²) >= 11 is 0. The molecule has 1 aliphatic heterocycles. The van der Waals surface area contributed by atoms with Crippen molar-refractivity contribution in [3.8, 4) is 17.0 Å². The van der Waals surface area contributed by atoms with Gasteiger partial charge in [-0.15, -0.1) is 0 Å². The largest absolute Gasteiger partial charge is 0.474 e. The van der Waals surface area contributed by atoms with E-state index in [1.54, 1.807) is 27.5 Å². The Hall–Kier alpha value is -3.26. The van der Waals surface area contributed by atoms with Crippen molar-refractivity contribution in [3.63, 3.8) is 0 Å². The number of nitrogens with two attached hydrogens (primary N) is 1. The minimum absolute atomic E-state index is 0.0502. The van der Waals surface area contributed by atoms with E-state index in [4.69, 9.17) is 19.9 Å². The molecule has 4 rings (SSSR count). The predicted octanol–water partition coefficient (Wildman–Crippen LogP) is 4.84. The van der Waals surface area contributed by atoms with Crippen molar-refractivity contribution in [2.75, 3.05) is 25.1 Å². The number of hydrogen-bond donors (Lipinski definition) is 4. The summed E-state index contributed by atoms with van der Waals surface area (Å²) in [4.78, 5) is 21.9. The van der Waals surface area contributed by atoms with Gasteiger partial charge in [-0.1, -0.05) is 26.0 Å². The molecule has 11 nitrogen and oxygen atoms in total. The first-order valence-electron chi connectivity index (χ1n) is 15.7. The van der Waals surface area contributed by atoms with Gasteiger partial charge >= 0.3 is 13.5 Å². The van der Waals surface area contributed by atoms with Crippen LogP contribution >= 0.6 is 0 Å². The Morgan fingerprint density at radius 1 is 1.20 bits per heavy atom. The number of aliphatic imine (C=N–C) groups is 1. The second-order valence-electron chi connectivity index (χ2n) is 13.5. The van der Waals surface area contributed by atoms with Crippen molar-refractivity contribution >= 4 is 36.4 Å². The van der Waals surface area contributed by atoms with Crippen LogP contribution in [0.1, 0.15) is 71.9 Å². The summed E-state index contributed by atoms with van der Waals surface area (Å²) in [6.07, 6.45) is 8.97. The number of carbonyl (C=O) groups excluding carboxylic acids is 1. The standard InChI is InChI=1S/C33H47BN5O6S/c1-31(2,34-45-33(5,6)32(3,4)41)21-36-16-13-27(35)46(42)39-30(40)38-29-25-9-7-8-22(25)10-11-26(29)23-12-17-37-28(20-23)44-24-14-18-43-19-15-24/h10-13,16-17,20,24,41H,7-9,14-15,18-19,21,35H2,1-6H3,(H2,38,39,40)/b27-13+,36-16?. The zero-order valence-corrected chi connectivity index (χ0v) is 28.5. The monoisotopic (exact) mass is 652 g/mol. The van der Waals surface area contributed by atoms with E-state index in [0.29, 0.717) is 31.3 Å². The van der Waals surface area contributed by atoms with E-state index in [2.05, 4.69) is 26.1 Å². The Labute approximate surface area is 275 Å². The first kappa shape index (κ1) is 35.6. The number of anilines is 1. The van der Waals surface area contributed by atoms with Gasteiger partial charge in [0.2, 0.25) is 5.88 Å². The van der Waals surface area contributed by atoms with E-state index in [0.717, 1.165) is 48.8 Å². The molecule has 0 spiro atoms. The fraction of sp³-hybridized carbons (Fsp3) is 0.545. The molecule has 1 fully saturated rings. The minimum Gasteiger partial charge on any atom is -0.474 e. The van der Waals surface area contributed by atoms with E-state index in [1.807, 2.05) is 45.9 Å². The average Bonchev–Trinajstić information content (AvgIpc) is 3.48. The lowest BCUT2D eigenvalue weighted by Gasteiger charge is -2.39. The number of urea groups is 1. The number of amides is 2. The number of nitrogens with one attached hydrogen (secondary N) is 2. The molecule has 0 bridgehead atoms. The fourth-order valence-electron chi connectivity index (χ4n) is 4.90. The van der Waals surface area contributed by atoms with Crippen LogP contribution in [0, 0.1) is 0 Å². The Kier molecular flexibility index (Phi) is 11.7. The van der Waals surface area contributed by atoms with Crippen LogP contribution < -0.4 is 20.5 Å². The summed E-state index contributed by atoms with van der Waals surface area (Å²) in [5.41, 5.74) is 8.78. The summed E-state index contributed by atoms with van der Waals surface area (Å²) in [5.74, 6) is 0.521. The lowest BCUT2D eigenvalue weighted by molar-refractivity contribution is -0.0917. The lowest BCUT2D eigenvalue weighted by Crippen LogP contribution is -2.49. The van der Waals surface area contributed by atoms with Crippen LogP contribution in [-0.2, 0) is 33.2 Å². The van der Waals surface area contributed by atoms with E-state index in [9.17, 15) is 14.1 Å². The topological polar surface area (TPSA) is 157 Å². The highest BCUT2D eigenvalue weighted by Crippen LogP contribution is 2.38. The molecule has 1 aromatic heterocycles. The zero-order chi connectivity index (χ0) is 33.5. The predicted molar refractivity (Wildman–Crippen MR) is 183 cm³/mol. The van der Waals surface area contributed by atoms with Crippen LogP contribution in [0.4, 0.5) is 10.5 Å². The molecular formula is C33H47BN5O6S. The number of aromatic nitrogens is 1. The second-order valence-corrected chi connectivity index (χ2v) is 14.7. The number of rotatable bonds is 13. The quantitative estimate of drug-likeness (QED) is 0.177. The third-order valence-corrected chi connectivity index (χ3v) is 9.35. The van der Waals surface area contributed by atoms with Gasteiger partial charge in [-0.3, -0.25) is 9.71 Å². The van der Waals surface area contributed by atoms with Gasteiger partial charge in [0.1, 0.15) is 11.1 Å².